The van der Waals surface area contributed by atoms with E-state index in [0.717, 1.165) is 11.3 Å². The normalized spacial score (nSPS) is 17.3. The van der Waals surface area contributed by atoms with Crippen LogP contribution in [-0.2, 0) is 0 Å². The van der Waals surface area contributed by atoms with Crippen LogP contribution in [-0.4, -0.2) is 12.5 Å². The maximum absolute atomic E-state index is 11.8. The summed E-state index contributed by atoms with van der Waals surface area (Å²) in [6, 6.07) is 10.9. The Balaban J connectivity index is 1.78. The summed E-state index contributed by atoms with van der Waals surface area (Å²) in [6.07, 6.45) is 1.48. The van der Waals surface area contributed by atoms with Gasteiger partial charge in [-0.05, 0) is 18.2 Å². The number of para-hydroxylation sites is 1. The third-order valence-corrected chi connectivity index (χ3v) is 2.75. The molecule has 17 heavy (non-hydrogen) atoms. The molecule has 1 unspecified atom stereocenters. The Bertz CT molecular complexity index is 533. The van der Waals surface area contributed by atoms with Crippen molar-refractivity contribution in [1.29, 1.82) is 0 Å². The lowest BCUT2D eigenvalue weighted by Crippen LogP contribution is -2.29. The van der Waals surface area contributed by atoms with Gasteiger partial charge in [-0.25, -0.2) is 0 Å². The average molecular weight is 229 g/mol. The van der Waals surface area contributed by atoms with Crippen molar-refractivity contribution in [2.45, 2.75) is 6.04 Å². The van der Waals surface area contributed by atoms with Gasteiger partial charge in [-0.1, -0.05) is 18.2 Å². The largest absolute Gasteiger partial charge is 0.491 e. The molecule has 0 bridgehead atoms. The number of rotatable bonds is 2. The van der Waals surface area contributed by atoms with Crippen LogP contribution in [0.5, 0.6) is 5.75 Å². The van der Waals surface area contributed by atoms with Crippen LogP contribution in [0.15, 0.2) is 47.1 Å². The highest BCUT2D eigenvalue weighted by atomic mass is 16.5. The van der Waals surface area contributed by atoms with Crippen LogP contribution < -0.4 is 10.1 Å². The molecule has 4 nitrogen and oxygen atoms in total. The molecular weight excluding hydrogens is 218 g/mol. The van der Waals surface area contributed by atoms with Crippen LogP contribution >= 0.6 is 0 Å². The summed E-state index contributed by atoms with van der Waals surface area (Å²) in [4.78, 5) is 11.8. The van der Waals surface area contributed by atoms with Gasteiger partial charge in [0.2, 0.25) is 0 Å². The van der Waals surface area contributed by atoms with Gasteiger partial charge in [-0.2, -0.15) is 0 Å². The standard InChI is InChI=1S/C13H11NO3/c15-13(12-6-3-7-16-12)14-10-8-17-11-5-2-1-4-9(10)11/h1-7,10H,8H2,(H,14,15). The molecule has 3 rings (SSSR count). The SMILES string of the molecule is O=C(NC1COc2ccccc21)c1ccco1. The summed E-state index contributed by atoms with van der Waals surface area (Å²) in [5, 5.41) is 2.88. The number of amides is 1. The molecule has 1 aliphatic heterocycles. The van der Waals surface area contributed by atoms with Gasteiger partial charge in [0, 0.05) is 5.56 Å². The van der Waals surface area contributed by atoms with Gasteiger partial charge in [-0.15, -0.1) is 0 Å². The van der Waals surface area contributed by atoms with E-state index in [4.69, 9.17) is 9.15 Å². The molecular formula is C13H11NO3. The van der Waals surface area contributed by atoms with E-state index in [1.54, 1.807) is 12.1 Å². The molecule has 2 aromatic rings. The zero-order valence-corrected chi connectivity index (χ0v) is 9.05. The molecule has 2 heterocycles. The van der Waals surface area contributed by atoms with Crippen molar-refractivity contribution in [3.05, 3.63) is 54.0 Å². The lowest BCUT2D eigenvalue weighted by molar-refractivity contribution is 0.0902. The van der Waals surface area contributed by atoms with Crippen LogP contribution in [0.25, 0.3) is 0 Å². The molecule has 0 saturated carbocycles. The Labute approximate surface area is 98.2 Å². The molecule has 0 fully saturated rings. The van der Waals surface area contributed by atoms with Gasteiger partial charge in [0.1, 0.15) is 12.4 Å². The van der Waals surface area contributed by atoms with E-state index in [0.29, 0.717) is 12.4 Å². The van der Waals surface area contributed by atoms with Crippen molar-refractivity contribution < 1.29 is 13.9 Å². The van der Waals surface area contributed by atoms with E-state index < -0.39 is 0 Å². The third kappa shape index (κ3) is 1.78. The van der Waals surface area contributed by atoms with Crippen molar-refractivity contribution in [3.63, 3.8) is 0 Å². The highest BCUT2D eigenvalue weighted by Gasteiger charge is 2.25. The molecule has 4 heteroatoms. The Morgan fingerprint density at radius 1 is 1.24 bits per heavy atom. The molecule has 0 aliphatic carbocycles. The second-order valence-corrected chi connectivity index (χ2v) is 3.85. The molecule has 1 N–H and O–H groups in total. The van der Waals surface area contributed by atoms with Crippen molar-refractivity contribution in [3.8, 4) is 5.75 Å². The first-order valence-electron chi connectivity index (χ1n) is 5.41. The van der Waals surface area contributed by atoms with Gasteiger partial charge in [0.25, 0.3) is 5.91 Å². The summed E-state index contributed by atoms with van der Waals surface area (Å²) >= 11 is 0. The first-order valence-corrected chi connectivity index (χ1v) is 5.41. The number of carbonyl (C=O) groups is 1. The van der Waals surface area contributed by atoms with Gasteiger partial charge < -0.3 is 14.5 Å². The molecule has 0 saturated heterocycles. The van der Waals surface area contributed by atoms with E-state index in [9.17, 15) is 4.79 Å². The number of hydrogen-bond donors (Lipinski definition) is 1. The van der Waals surface area contributed by atoms with Crippen molar-refractivity contribution in [1.82, 2.24) is 5.32 Å². The van der Waals surface area contributed by atoms with Crippen molar-refractivity contribution in [2.24, 2.45) is 0 Å². The summed E-state index contributed by atoms with van der Waals surface area (Å²) in [7, 11) is 0. The van der Waals surface area contributed by atoms with Crippen LogP contribution in [0.2, 0.25) is 0 Å². The minimum Gasteiger partial charge on any atom is -0.491 e. The average Bonchev–Trinajstić information content (AvgIpc) is 2.98. The number of ether oxygens (including phenoxy) is 1. The van der Waals surface area contributed by atoms with Gasteiger partial charge in [0.05, 0.1) is 12.3 Å². The smallest absolute Gasteiger partial charge is 0.287 e. The third-order valence-electron chi connectivity index (χ3n) is 2.75. The molecule has 0 spiro atoms. The number of fused-ring (bicyclic) bond motifs is 1. The van der Waals surface area contributed by atoms with Gasteiger partial charge >= 0.3 is 0 Å². The Morgan fingerprint density at radius 2 is 2.12 bits per heavy atom. The lowest BCUT2D eigenvalue weighted by Gasteiger charge is -2.09. The topological polar surface area (TPSA) is 51.5 Å². The second-order valence-electron chi connectivity index (χ2n) is 3.85. The zero-order chi connectivity index (χ0) is 11.7. The van der Waals surface area contributed by atoms with Crippen LogP contribution in [0.1, 0.15) is 22.2 Å². The second kappa shape index (κ2) is 3.97. The number of furan rings is 1. The first-order chi connectivity index (χ1) is 8.34. The van der Waals surface area contributed by atoms with E-state index in [-0.39, 0.29) is 11.9 Å². The number of nitrogens with one attached hydrogen (secondary N) is 1. The summed E-state index contributed by atoms with van der Waals surface area (Å²) in [5.41, 5.74) is 1.01. The van der Waals surface area contributed by atoms with Gasteiger partial charge in [-0.3, -0.25) is 4.79 Å². The van der Waals surface area contributed by atoms with Gasteiger partial charge in [0.15, 0.2) is 5.76 Å². The van der Waals surface area contributed by atoms with Crippen LogP contribution in [0.4, 0.5) is 0 Å². The quantitative estimate of drug-likeness (QED) is 0.858. The summed E-state index contributed by atoms with van der Waals surface area (Å²) < 4.78 is 10.5. The van der Waals surface area contributed by atoms with E-state index in [1.165, 1.54) is 6.26 Å². The maximum Gasteiger partial charge on any atom is 0.287 e. The van der Waals surface area contributed by atoms with E-state index >= 15 is 0 Å². The Kier molecular flexibility index (Phi) is 2.33. The van der Waals surface area contributed by atoms with E-state index in [2.05, 4.69) is 5.32 Å². The van der Waals surface area contributed by atoms with Crippen molar-refractivity contribution in [2.75, 3.05) is 6.61 Å². The fourth-order valence-electron chi connectivity index (χ4n) is 1.92. The molecule has 1 aromatic carbocycles. The molecule has 0 radical (unpaired) electrons. The highest BCUT2D eigenvalue weighted by Crippen LogP contribution is 2.31. The van der Waals surface area contributed by atoms with Crippen LogP contribution in [0, 0.1) is 0 Å². The molecule has 1 amide bonds. The Hall–Kier alpha value is -2.23. The van der Waals surface area contributed by atoms with Crippen molar-refractivity contribution >= 4 is 5.91 Å². The lowest BCUT2D eigenvalue weighted by atomic mass is 10.1. The fraction of sp³-hybridized carbons (Fsp3) is 0.154. The highest BCUT2D eigenvalue weighted by molar-refractivity contribution is 5.91. The minimum absolute atomic E-state index is 0.108. The van der Waals surface area contributed by atoms with Crippen LogP contribution in [0.3, 0.4) is 0 Å². The predicted octanol–water partition coefficient (Wildman–Crippen LogP) is 2.14. The predicted molar refractivity (Wildman–Crippen MR) is 60.9 cm³/mol. The maximum atomic E-state index is 11.8. The zero-order valence-electron chi connectivity index (χ0n) is 9.05. The number of carbonyl (C=O) groups excluding carboxylic acids is 1. The Morgan fingerprint density at radius 3 is 2.94 bits per heavy atom. The first kappa shape index (κ1) is 9.96. The summed E-state index contributed by atoms with van der Waals surface area (Å²) in [6.45, 7) is 0.464. The number of hydrogen-bond acceptors (Lipinski definition) is 3. The monoisotopic (exact) mass is 229 g/mol. The number of benzene rings is 1. The molecule has 86 valence electrons. The minimum atomic E-state index is -0.222. The molecule has 1 atom stereocenters. The van der Waals surface area contributed by atoms with E-state index in [1.807, 2.05) is 24.3 Å². The summed E-state index contributed by atoms with van der Waals surface area (Å²) in [5.74, 6) is 0.923. The fourth-order valence-corrected chi connectivity index (χ4v) is 1.92. The molecule has 1 aromatic heterocycles. The molecule has 1 aliphatic rings.